The number of hydrogen-bond acceptors (Lipinski definition) is 7. The first-order valence-electron chi connectivity index (χ1n) is 9.83. The number of hydrogen-bond donors (Lipinski definition) is 1. The molecule has 0 atom stereocenters. The van der Waals surface area contributed by atoms with E-state index in [4.69, 9.17) is 21.7 Å². The van der Waals surface area contributed by atoms with Crippen LogP contribution >= 0.6 is 0 Å². The standard InChI is InChI=1S/C24H18N4O3.CN.Cu/c25-16-18-6-1-2-10-23(18)28-24(30)20(15-22(27-28)21-9-3-4-11-26-21)17-7-5-8-19(14-17)31-13-12-29;1-2;/h1-11,14-15,29H,12-13H2;;/q;-1;+1. The van der Waals surface area contributed by atoms with Crippen molar-refractivity contribution >= 4 is 0 Å². The van der Waals surface area contributed by atoms with Crippen LogP contribution in [0.4, 0.5) is 0 Å². The molecule has 0 fully saturated rings. The zero-order valence-electron chi connectivity index (χ0n) is 17.7. The molecule has 9 heteroatoms. The molecule has 0 saturated carbocycles. The van der Waals surface area contributed by atoms with E-state index in [1.807, 2.05) is 6.07 Å². The van der Waals surface area contributed by atoms with Crippen LogP contribution in [0.15, 0.2) is 83.8 Å². The quantitative estimate of drug-likeness (QED) is 0.318. The number of aromatic nitrogens is 3. The zero-order chi connectivity index (χ0) is 23.6. The minimum Gasteiger partial charge on any atom is -0.512 e. The van der Waals surface area contributed by atoms with Crippen LogP contribution in [0.3, 0.4) is 0 Å². The third-order valence-electron chi connectivity index (χ3n) is 4.60. The van der Waals surface area contributed by atoms with Gasteiger partial charge in [0.15, 0.2) is 0 Å². The van der Waals surface area contributed by atoms with E-state index >= 15 is 0 Å². The molecule has 0 radical (unpaired) electrons. The Morgan fingerprint density at radius 1 is 1.00 bits per heavy atom. The van der Waals surface area contributed by atoms with Gasteiger partial charge in [-0.3, -0.25) is 9.78 Å². The Bertz CT molecular complexity index is 1360. The average Bonchev–Trinajstić information content (AvgIpc) is 2.89. The molecule has 4 aromatic rings. The molecule has 0 aliphatic heterocycles. The second-order valence-electron chi connectivity index (χ2n) is 6.60. The smallest absolute Gasteiger partial charge is 0.512 e. The van der Waals surface area contributed by atoms with Crippen LogP contribution < -0.4 is 10.3 Å². The fraction of sp³-hybridized carbons (Fsp3) is 0.0800. The predicted octanol–water partition coefficient (Wildman–Crippen LogP) is 3.30. The van der Waals surface area contributed by atoms with Gasteiger partial charge in [0.2, 0.25) is 0 Å². The molecule has 34 heavy (non-hydrogen) atoms. The number of aliphatic hydroxyl groups is 1. The number of nitriles is 1. The van der Waals surface area contributed by atoms with Crippen LogP contribution in [0.25, 0.3) is 28.2 Å². The van der Waals surface area contributed by atoms with Crippen LogP contribution in [-0.2, 0) is 17.1 Å². The second-order valence-corrected chi connectivity index (χ2v) is 6.60. The molecule has 2 aromatic carbocycles. The fourth-order valence-electron chi connectivity index (χ4n) is 3.17. The summed E-state index contributed by atoms with van der Waals surface area (Å²) >= 11 is 0. The van der Waals surface area contributed by atoms with Crippen molar-refractivity contribution in [1.82, 2.24) is 14.8 Å². The molecule has 0 aliphatic carbocycles. The molecule has 0 amide bonds. The summed E-state index contributed by atoms with van der Waals surface area (Å²) < 4.78 is 6.73. The predicted molar refractivity (Wildman–Crippen MR) is 121 cm³/mol. The van der Waals surface area contributed by atoms with E-state index in [0.717, 1.165) is 0 Å². The number of pyridine rings is 1. The molecule has 0 unspecified atom stereocenters. The van der Waals surface area contributed by atoms with E-state index in [0.29, 0.717) is 39.5 Å². The molecule has 2 aromatic heterocycles. The van der Waals surface area contributed by atoms with Crippen molar-refractivity contribution in [2.75, 3.05) is 13.2 Å². The SMILES string of the molecule is N#Cc1ccccc1-n1nc(-c2ccccn2)cc(-c2cccc(OCCO)c2)c1=O.[C-]#N.[Cu+]. The minimum atomic E-state index is -0.373. The van der Waals surface area contributed by atoms with E-state index in [2.05, 4.69) is 16.2 Å². The minimum absolute atomic E-state index is 0. The summed E-state index contributed by atoms with van der Waals surface area (Å²) in [7, 11) is 0. The van der Waals surface area contributed by atoms with E-state index < -0.39 is 0 Å². The van der Waals surface area contributed by atoms with E-state index in [9.17, 15) is 10.1 Å². The largest absolute Gasteiger partial charge is 1.00 e. The molecule has 172 valence electrons. The molecule has 0 bridgehead atoms. The maximum atomic E-state index is 13.4. The van der Waals surface area contributed by atoms with Crippen LogP contribution in [0.2, 0.25) is 0 Å². The second kappa shape index (κ2) is 12.7. The Hall–Kier alpha value is -4.27. The molecule has 0 aliphatic rings. The third kappa shape index (κ3) is 5.74. The monoisotopic (exact) mass is 499 g/mol. The third-order valence-corrected chi connectivity index (χ3v) is 4.60. The van der Waals surface area contributed by atoms with Gasteiger partial charge in [-0.1, -0.05) is 30.3 Å². The maximum absolute atomic E-state index is 13.4. The molecule has 1 N–H and O–H groups in total. The summed E-state index contributed by atoms with van der Waals surface area (Å²) in [5.74, 6) is 0.533. The van der Waals surface area contributed by atoms with Gasteiger partial charge in [-0.25, -0.2) is 0 Å². The van der Waals surface area contributed by atoms with Crippen molar-refractivity contribution in [2.24, 2.45) is 0 Å². The van der Waals surface area contributed by atoms with Crippen LogP contribution in [0.1, 0.15) is 5.56 Å². The summed E-state index contributed by atoms with van der Waals surface area (Å²) in [6, 6.07) is 23.1. The number of nitrogens with zero attached hydrogens (tertiary/aromatic N) is 5. The number of para-hydroxylation sites is 1. The molecule has 0 spiro atoms. The summed E-state index contributed by atoms with van der Waals surface area (Å²) in [5.41, 5.74) is 2.45. The fourth-order valence-corrected chi connectivity index (χ4v) is 3.17. The Labute approximate surface area is 206 Å². The average molecular weight is 500 g/mol. The zero-order valence-corrected chi connectivity index (χ0v) is 18.7. The first-order valence-corrected chi connectivity index (χ1v) is 9.83. The van der Waals surface area contributed by atoms with Crippen molar-refractivity contribution in [3.05, 3.63) is 101 Å². The van der Waals surface area contributed by atoms with E-state index in [-0.39, 0.29) is 35.8 Å². The first-order chi connectivity index (χ1) is 16.2. The van der Waals surface area contributed by atoms with E-state index in [1.54, 1.807) is 72.9 Å². The van der Waals surface area contributed by atoms with Crippen LogP contribution in [0.5, 0.6) is 5.75 Å². The summed E-state index contributed by atoms with van der Waals surface area (Å²) in [4.78, 5) is 17.8. The van der Waals surface area contributed by atoms with Gasteiger partial charge in [-0.05, 0) is 48.0 Å². The van der Waals surface area contributed by atoms with Gasteiger partial charge in [0.1, 0.15) is 24.1 Å². The van der Waals surface area contributed by atoms with Gasteiger partial charge in [0.05, 0.1) is 29.1 Å². The van der Waals surface area contributed by atoms with Crippen molar-refractivity contribution < 1.29 is 26.9 Å². The van der Waals surface area contributed by atoms with Gasteiger partial charge in [-0.15, -0.1) is 0 Å². The number of benzene rings is 2. The maximum Gasteiger partial charge on any atom is 1.00 e. The van der Waals surface area contributed by atoms with Crippen molar-refractivity contribution in [3.63, 3.8) is 0 Å². The molecule has 2 heterocycles. The number of aliphatic hydroxyl groups excluding tert-OH is 1. The van der Waals surface area contributed by atoms with Crippen LogP contribution in [-0.4, -0.2) is 33.1 Å². The molecule has 8 nitrogen and oxygen atoms in total. The number of ether oxygens (including phenoxy) is 1. The van der Waals surface area contributed by atoms with Gasteiger partial charge in [0, 0.05) is 6.20 Å². The molecule has 4 rings (SSSR count). The Morgan fingerprint density at radius 2 is 1.76 bits per heavy atom. The summed E-state index contributed by atoms with van der Waals surface area (Å²) in [6.45, 7) is 4.79. The Kier molecular flexibility index (Phi) is 9.70. The van der Waals surface area contributed by atoms with Gasteiger partial charge < -0.3 is 21.7 Å². The Balaban J connectivity index is 0.00000133. The first kappa shape index (κ1) is 26.0. The van der Waals surface area contributed by atoms with Crippen molar-refractivity contribution in [2.45, 2.75) is 0 Å². The van der Waals surface area contributed by atoms with Gasteiger partial charge >= 0.3 is 17.1 Å². The van der Waals surface area contributed by atoms with Gasteiger partial charge in [-0.2, -0.15) is 15.0 Å². The molecular formula is C25H18CuN5O3. The summed E-state index contributed by atoms with van der Waals surface area (Å²) in [5, 5.41) is 29.3. The van der Waals surface area contributed by atoms with Crippen molar-refractivity contribution in [1.29, 1.82) is 10.5 Å². The topological polar surface area (TPSA) is 125 Å². The van der Waals surface area contributed by atoms with E-state index in [1.165, 1.54) is 4.68 Å². The number of rotatable bonds is 6. The van der Waals surface area contributed by atoms with Crippen LogP contribution in [0, 0.1) is 23.2 Å². The normalized spacial score (nSPS) is 9.59. The van der Waals surface area contributed by atoms with Gasteiger partial charge in [0.25, 0.3) is 5.56 Å². The molecule has 0 saturated heterocycles. The molecular weight excluding hydrogens is 482 g/mol. The van der Waals surface area contributed by atoms with Crippen molar-refractivity contribution in [3.8, 4) is 40.0 Å². The Morgan fingerprint density at radius 3 is 2.47 bits per heavy atom. The summed E-state index contributed by atoms with van der Waals surface area (Å²) in [6.07, 6.45) is 1.65.